The average molecular weight is 176 g/mol. The smallest absolute Gasteiger partial charge is 0.305 e. The predicted octanol–water partition coefficient (Wildman–Crippen LogP) is 0.527. The standard InChI is InChI=1S/C6H10O3.C2H6O/c1-5(7)3-4-6(8)9-2;1-2-3/h3-4H2,1-2H3;3H,2H2,1H3. The molecule has 0 spiro atoms. The van der Waals surface area contributed by atoms with E-state index in [4.69, 9.17) is 5.11 Å². The Morgan fingerprint density at radius 1 is 1.33 bits per heavy atom. The van der Waals surface area contributed by atoms with Gasteiger partial charge in [-0.25, -0.2) is 0 Å². The first-order valence-corrected chi connectivity index (χ1v) is 3.75. The molecule has 0 rings (SSSR count). The molecule has 0 aromatic heterocycles. The Hall–Kier alpha value is -0.900. The SMILES string of the molecule is CCO.COC(=O)CCC(C)=O. The summed E-state index contributed by atoms with van der Waals surface area (Å²) in [5.41, 5.74) is 0. The maximum atomic E-state index is 10.3. The number of rotatable bonds is 3. The number of ether oxygens (including phenoxy) is 1. The maximum absolute atomic E-state index is 10.3. The van der Waals surface area contributed by atoms with Gasteiger partial charge in [0.15, 0.2) is 0 Å². The minimum atomic E-state index is -0.329. The van der Waals surface area contributed by atoms with Crippen LogP contribution in [0.3, 0.4) is 0 Å². The molecular formula is C8H16O4. The highest BCUT2D eigenvalue weighted by molar-refractivity contribution is 5.80. The molecule has 4 heteroatoms. The van der Waals surface area contributed by atoms with Crippen LogP contribution in [0.25, 0.3) is 0 Å². The van der Waals surface area contributed by atoms with Gasteiger partial charge in [0.2, 0.25) is 0 Å². The van der Waals surface area contributed by atoms with Crippen LogP contribution in [0.2, 0.25) is 0 Å². The van der Waals surface area contributed by atoms with E-state index in [1.54, 1.807) is 6.92 Å². The molecule has 0 bridgehead atoms. The lowest BCUT2D eigenvalue weighted by Crippen LogP contribution is -2.02. The van der Waals surface area contributed by atoms with E-state index in [9.17, 15) is 9.59 Å². The number of carbonyl (C=O) groups excluding carboxylic acids is 2. The van der Waals surface area contributed by atoms with Crippen LogP contribution >= 0.6 is 0 Å². The number of Topliss-reactive ketones (excluding diaryl/α,β-unsaturated/α-hetero) is 1. The Labute approximate surface area is 72.5 Å². The minimum absolute atomic E-state index is 0.0143. The summed E-state index contributed by atoms with van der Waals surface area (Å²) in [6.45, 7) is 3.38. The summed E-state index contributed by atoms with van der Waals surface area (Å²) >= 11 is 0. The summed E-state index contributed by atoms with van der Waals surface area (Å²) in [5.74, 6) is -0.314. The third-order valence-corrected chi connectivity index (χ3v) is 0.909. The second-order valence-electron chi connectivity index (χ2n) is 2.09. The second-order valence-corrected chi connectivity index (χ2v) is 2.09. The van der Waals surface area contributed by atoms with Gasteiger partial charge in [0.1, 0.15) is 5.78 Å². The van der Waals surface area contributed by atoms with E-state index in [1.165, 1.54) is 14.0 Å². The Bertz CT molecular complexity index is 131. The zero-order chi connectivity index (χ0) is 9.98. The molecule has 0 aliphatic carbocycles. The average Bonchev–Trinajstić information content (AvgIpc) is 2.01. The molecule has 72 valence electrons. The van der Waals surface area contributed by atoms with Crippen LogP contribution in [0.5, 0.6) is 0 Å². The molecule has 0 heterocycles. The van der Waals surface area contributed by atoms with Crippen LogP contribution < -0.4 is 0 Å². The Morgan fingerprint density at radius 2 is 1.75 bits per heavy atom. The van der Waals surface area contributed by atoms with Gasteiger partial charge < -0.3 is 14.6 Å². The van der Waals surface area contributed by atoms with Crippen LogP contribution in [0, 0.1) is 0 Å². The van der Waals surface area contributed by atoms with Crippen molar-refractivity contribution in [2.45, 2.75) is 26.7 Å². The van der Waals surface area contributed by atoms with Crippen molar-refractivity contribution in [3.05, 3.63) is 0 Å². The molecule has 0 saturated carbocycles. The largest absolute Gasteiger partial charge is 0.469 e. The molecule has 12 heavy (non-hydrogen) atoms. The lowest BCUT2D eigenvalue weighted by molar-refractivity contribution is -0.141. The predicted molar refractivity (Wildman–Crippen MR) is 44.7 cm³/mol. The van der Waals surface area contributed by atoms with Crippen LogP contribution in [-0.2, 0) is 14.3 Å². The van der Waals surface area contributed by atoms with E-state index in [0.717, 1.165) is 0 Å². The summed E-state index contributed by atoms with van der Waals surface area (Å²) < 4.78 is 4.31. The van der Waals surface area contributed by atoms with Crippen LogP contribution in [0.4, 0.5) is 0 Å². The molecule has 4 nitrogen and oxygen atoms in total. The van der Waals surface area contributed by atoms with Gasteiger partial charge in [0.05, 0.1) is 13.5 Å². The van der Waals surface area contributed by atoms with Gasteiger partial charge in [-0.1, -0.05) is 0 Å². The van der Waals surface area contributed by atoms with Crippen molar-refractivity contribution in [3.63, 3.8) is 0 Å². The lowest BCUT2D eigenvalue weighted by atomic mass is 10.2. The highest BCUT2D eigenvalue weighted by Gasteiger charge is 2.00. The van der Waals surface area contributed by atoms with E-state index in [0.29, 0.717) is 0 Å². The first kappa shape index (κ1) is 13.7. The Balaban J connectivity index is 0. The van der Waals surface area contributed by atoms with Crippen molar-refractivity contribution in [2.24, 2.45) is 0 Å². The molecule has 0 fully saturated rings. The first-order chi connectivity index (χ1) is 5.58. The maximum Gasteiger partial charge on any atom is 0.305 e. The lowest BCUT2D eigenvalue weighted by Gasteiger charge is -1.93. The zero-order valence-corrected chi connectivity index (χ0v) is 7.79. The van der Waals surface area contributed by atoms with Crippen LogP contribution in [0.1, 0.15) is 26.7 Å². The summed E-state index contributed by atoms with van der Waals surface area (Å²) in [6.07, 6.45) is 0.485. The first-order valence-electron chi connectivity index (χ1n) is 3.75. The molecule has 0 aromatic rings. The Kier molecular flexibility index (Phi) is 11.5. The normalized spacial score (nSPS) is 8.00. The van der Waals surface area contributed by atoms with Crippen molar-refractivity contribution < 1.29 is 19.4 Å². The van der Waals surface area contributed by atoms with Crippen molar-refractivity contribution in [1.29, 1.82) is 0 Å². The number of hydrogen-bond donors (Lipinski definition) is 1. The molecule has 0 radical (unpaired) electrons. The molecule has 0 aromatic carbocycles. The van der Waals surface area contributed by atoms with E-state index in [2.05, 4.69) is 4.74 Å². The van der Waals surface area contributed by atoms with Gasteiger partial charge in [-0.15, -0.1) is 0 Å². The van der Waals surface area contributed by atoms with Crippen molar-refractivity contribution in [2.75, 3.05) is 13.7 Å². The number of esters is 1. The summed E-state index contributed by atoms with van der Waals surface area (Å²) in [6, 6.07) is 0. The van der Waals surface area contributed by atoms with E-state index in [-0.39, 0.29) is 31.2 Å². The fraction of sp³-hybridized carbons (Fsp3) is 0.750. The van der Waals surface area contributed by atoms with E-state index >= 15 is 0 Å². The molecule has 0 atom stereocenters. The van der Waals surface area contributed by atoms with Gasteiger partial charge in [-0.2, -0.15) is 0 Å². The number of carbonyl (C=O) groups is 2. The summed E-state index contributed by atoms with van der Waals surface area (Å²) in [7, 11) is 1.31. The molecule has 0 aliphatic heterocycles. The monoisotopic (exact) mass is 176 g/mol. The highest BCUT2D eigenvalue weighted by Crippen LogP contribution is 1.91. The fourth-order valence-corrected chi connectivity index (χ4v) is 0.380. The molecule has 0 aliphatic rings. The molecule has 0 amide bonds. The minimum Gasteiger partial charge on any atom is -0.469 e. The van der Waals surface area contributed by atoms with E-state index < -0.39 is 0 Å². The topological polar surface area (TPSA) is 63.6 Å². The van der Waals surface area contributed by atoms with Gasteiger partial charge in [-0.05, 0) is 13.8 Å². The third-order valence-electron chi connectivity index (χ3n) is 0.909. The van der Waals surface area contributed by atoms with Crippen LogP contribution in [0.15, 0.2) is 0 Å². The number of methoxy groups -OCH3 is 1. The van der Waals surface area contributed by atoms with Crippen molar-refractivity contribution >= 4 is 11.8 Å². The number of hydrogen-bond acceptors (Lipinski definition) is 4. The zero-order valence-electron chi connectivity index (χ0n) is 7.79. The quantitative estimate of drug-likeness (QED) is 0.637. The molecule has 0 saturated heterocycles. The van der Waals surface area contributed by atoms with Gasteiger partial charge >= 0.3 is 5.97 Å². The van der Waals surface area contributed by atoms with Crippen LogP contribution in [-0.4, -0.2) is 30.6 Å². The molecule has 1 N–H and O–H groups in total. The van der Waals surface area contributed by atoms with E-state index in [1.807, 2.05) is 0 Å². The number of ketones is 1. The summed E-state index contributed by atoms with van der Waals surface area (Å²) in [4.78, 5) is 20.6. The fourth-order valence-electron chi connectivity index (χ4n) is 0.380. The Morgan fingerprint density at radius 3 is 2.00 bits per heavy atom. The van der Waals surface area contributed by atoms with Gasteiger partial charge in [0.25, 0.3) is 0 Å². The van der Waals surface area contributed by atoms with Gasteiger partial charge in [0, 0.05) is 13.0 Å². The molecule has 0 unspecified atom stereocenters. The summed E-state index contributed by atoms with van der Waals surface area (Å²) in [5, 5.41) is 7.57. The number of aliphatic hydroxyl groups excluding tert-OH is 1. The number of aliphatic hydroxyl groups is 1. The van der Waals surface area contributed by atoms with Crippen molar-refractivity contribution in [3.8, 4) is 0 Å². The third kappa shape index (κ3) is 16.0. The highest BCUT2D eigenvalue weighted by atomic mass is 16.5. The van der Waals surface area contributed by atoms with Gasteiger partial charge in [-0.3, -0.25) is 4.79 Å². The second kappa shape index (κ2) is 10.1. The molecular weight excluding hydrogens is 160 g/mol. The van der Waals surface area contributed by atoms with Crippen molar-refractivity contribution in [1.82, 2.24) is 0 Å².